The van der Waals surface area contributed by atoms with Gasteiger partial charge in [-0.1, -0.05) is 78.9 Å². The van der Waals surface area contributed by atoms with Crippen molar-refractivity contribution in [3.63, 3.8) is 0 Å². The predicted molar refractivity (Wildman–Crippen MR) is 102 cm³/mol. The van der Waals surface area contributed by atoms with Crippen molar-refractivity contribution >= 4 is 11.5 Å². The molecule has 0 aromatic heterocycles. The fourth-order valence-corrected chi connectivity index (χ4v) is 3.96. The highest BCUT2D eigenvalue weighted by Gasteiger charge is 2.44. The molecule has 1 fully saturated rings. The molecule has 0 amide bonds. The van der Waals surface area contributed by atoms with Gasteiger partial charge in [0, 0.05) is 25.1 Å². The van der Waals surface area contributed by atoms with Gasteiger partial charge in [0.25, 0.3) is 0 Å². The van der Waals surface area contributed by atoms with Gasteiger partial charge in [0.1, 0.15) is 5.78 Å². The molecule has 0 radical (unpaired) electrons. The Balaban J connectivity index is 1.97. The van der Waals surface area contributed by atoms with Crippen LogP contribution in [-0.4, -0.2) is 12.3 Å². The summed E-state index contributed by atoms with van der Waals surface area (Å²) in [5, 5.41) is 0. The minimum absolute atomic E-state index is 0.319. The highest BCUT2D eigenvalue weighted by Crippen LogP contribution is 2.44. The number of nitrogens with zero attached hydrogens (tertiary/aromatic N) is 1. The number of piperidine rings is 1. The maximum atomic E-state index is 12.6. The molecule has 2 nitrogen and oxygen atoms in total. The van der Waals surface area contributed by atoms with Gasteiger partial charge in [0.15, 0.2) is 0 Å². The van der Waals surface area contributed by atoms with Gasteiger partial charge in [-0.25, -0.2) is 0 Å². The van der Waals surface area contributed by atoms with E-state index in [4.69, 9.17) is 0 Å². The van der Waals surface area contributed by atoms with Crippen LogP contribution in [-0.2, 0) is 10.3 Å². The molecule has 0 unspecified atom stereocenters. The normalized spacial score (nSPS) is 16.6. The third-order valence-electron chi connectivity index (χ3n) is 5.10. The Morgan fingerprint density at radius 3 is 1.68 bits per heavy atom. The Morgan fingerprint density at radius 1 is 0.680 bits per heavy atom. The van der Waals surface area contributed by atoms with E-state index in [0.717, 1.165) is 23.4 Å². The zero-order valence-corrected chi connectivity index (χ0v) is 14.1. The second-order valence-corrected chi connectivity index (χ2v) is 6.54. The van der Waals surface area contributed by atoms with E-state index < -0.39 is 5.54 Å². The summed E-state index contributed by atoms with van der Waals surface area (Å²) in [6, 6.07) is 31.3. The van der Waals surface area contributed by atoms with Gasteiger partial charge in [-0.15, -0.1) is 0 Å². The SMILES string of the molecule is O=C1CCN(c2ccccc2)C(c2ccccc2)(c2ccccc2)C1. The molecule has 25 heavy (non-hydrogen) atoms. The first-order chi connectivity index (χ1) is 12.3. The second-order valence-electron chi connectivity index (χ2n) is 6.54. The molecule has 3 aromatic carbocycles. The minimum Gasteiger partial charge on any atom is -0.357 e. The lowest BCUT2D eigenvalue weighted by atomic mass is 9.74. The molecule has 124 valence electrons. The lowest BCUT2D eigenvalue weighted by molar-refractivity contribution is -0.121. The van der Waals surface area contributed by atoms with E-state index in [2.05, 4.69) is 77.7 Å². The summed E-state index contributed by atoms with van der Waals surface area (Å²) in [4.78, 5) is 15.0. The molecular formula is C23H21NO. The zero-order valence-electron chi connectivity index (χ0n) is 14.1. The van der Waals surface area contributed by atoms with Gasteiger partial charge in [-0.3, -0.25) is 4.79 Å². The van der Waals surface area contributed by atoms with E-state index in [0.29, 0.717) is 18.6 Å². The van der Waals surface area contributed by atoms with Crippen LogP contribution in [0.25, 0.3) is 0 Å². The average Bonchev–Trinajstić information content (AvgIpc) is 2.70. The molecule has 3 aromatic rings. The molecule has 0 N–H and O–H groups in total. The van der Waals surface area contributed by atoms with E-state index in [1.54, 1.807) is 0 Å². The monoisotopic (exact) mass is 327 g/mol. The number of hydrogen-bond acceptors (Lipinski definition) is 2. The van der Waals surface area contributed by atoms with Crippen molar-refractivity contribution in [3.05, 3.63) is 102 Å². The van der Waals surface area contributed by atoms with Gasteiger partial charge in [-0.05, 0) is 23.3 Å². The highest BCUT2D eigenvalue weighted by molar-refractivity contribution is 5.84. The van der Waals surface area contributed by atoms with Crippen molar-refractivity contribution in [2.75, 3.05) is 11.4 Å². The van der Waals surface area contributed by atoms with Crippen molar-refractivity contribution in [1.29, 1.82) is 0 Å². The molecule has 4 rings (SSSR count). The summed E-state index contributed by atoms with van der Waals surface area (Å²) in [6.45, 7) is 0.729. The number of para-hydroxylation sites is 1. The number of benzene rings is 3. The molecule has 1 heterocycles. The summed E-state index contributed by atoms with van der Waals surface area (Å²) >= 11 is 0. The van der Waals surface area contributed by atoms with E-state index in [-0.39, 0.29) is 0 Å². The maximum absolute atomic E-state index is 12.6. The first-order valence-corrected chi connectivity index (χ1v) is 8.76. The molecule has 0 saturated carbocycles. The van der Waals surface area contributed by atoms with Crippen LogP contribution in [0.15, 0.2) is 91.0 Å². The smallest absolute Gasteiger partial charge is 0.137 e. The van der Waals surface area contributed by atoms with Gasteiger partial charge in [0.05, 0.1) is 5.54 Å². The molecule has 0 bridgehead atoms. The van der Waals surface area contributed by atoms with Crippen LogP contribution >= 0.6 is 0 Å². The lowest BCUT2D eigenvalue weighted by Crippen LogP contribution is -2.53. The molecule has 1 aliphatic rings. The zero-order chi connectivity index (χ0) is 17.1. The summed E-state index contributed by atoms with van der Waals surface area (Å²) in [5.41, 5.74) is 3.03. The van der Waals surface area contributed by atoms with Crippen LogP contribution in [0.1, 0.15) is 24.0 Å². The molecule has 2 heteroatoms. The number of rotatable bonds is 3. The molecule has 0 aliphatic carbocycles. The number of carbonyl (C=O) groups is 1. The summed E-state index contributed by atoms with van der Waals surface area (Å²) in [5.74, 6) is 0.319. The van der Waals surface area contributed by atoms with Crippen LogP contribution in [0.3, 0.4) is 0 Å². The van der Waals surface area contributed by atoms with Crippen LogP contribution in [0.2, 0.25) is 0 Å². The Morgan fingerprint density at radius 2 is 1.16 bits per heavy atom. The van der Waals surface area contributed by atoms with Crippen LogP contribution < -0.4 is 4.90 Å². The van der Waals surface area contributed by atoms with E-state index in [1.165, 1.54) is 0 Å². The maximum Gasteiger partial charge on any atom is 0.137 e. The molecule has 0 atom stereocenters. The number of ketones is 1. The van der Waals surface area contributed by atoms with Gasteiger partial charge >= 0.3 is 0 Å². The van der Waals surface area contributed by atoms with E-state index >= 15 is 0 Å². The molecule has 1 saturated heterocycles. The quantitative estimate of drug-likeness (QED) is 0.689. The first kappa shape index (κ1) is 15.6. The fourth-order valence-electron chi connectivity index (χ4n) is 3.96. The van der Waals surface area contributed by atoms with Crippen LogP contribution in [0.5, 0.6) is 0 Å². The topological polar surface area (TPSA) is 20.3 Å². The lowest BCUT2D eigenvalue weighted by Gasteiger charge is -2.49. The summed E-state index contributed by atoms with van der Waals surface area (Å²) in [7, 11) is 0. The second kappa shape index (κ2) is 6.56. The van der Waals surface area contributed by atoms with Crippen molar-refractivity contribution in [1.82, 2.24) is 0 Å². The van der Waals surface area contributed by atoms with Crippen molar-refractivity contribution < 1.29 is 4.79 Å². The van der Waals surface area contributed by atoms with Crippen LogP contribution in [0, 0.1) is 0 Å². The number of carbonyl (C=O) groups excluding carboxylic acids is 1. The number of anilines is 1. The summed E-state index contributed by atoms with van der Waals surface area (Å²) < 4.78 is 0. The Kier molecular flexibility index (Phi) is 4.10. The minimum atomic E-state index is -0.459. The Hall–Kier alpha value is -2.87. The van der Waals surface area contributed by atoms with Gasteiger partial charge in [0.2, 0.25) is 0 Å². The van der Waals surface area contributed by atoms with Crippen molar-refractivity contribution in [2.24, 2.45) is 0 Å². The Bertz CT molecular complexity index is 804. The van der Waals surface area contributed by atoms with Crippen molar-refractivity contribution in [3.8, 4) is 0 Å². The first-order valence-electron chi connectivity index (χ1n) is 8.76. The van der Waals surface area contributed by atoms with Gasteiger partial charge < -0.3 is 4.90 Å². The number of hydrogen-bond donors (Lipinski definition) is 0. The highest BCUT2D eigenvalue weighted by atomic mass is 16.1. The largest absolute Gasteiger partial charge is 0.357 e. The summed E-state index contributed by atoms with van der Waals surface area (Å²) in [6.07, 6.45) is 1.09. The van der Waals surface area contributed by atoms with E-state index in [9.17, 15) is 4.79 Å². The predicted octanol–water partition coefficient (Wildman–Crippen LogP) is 4.80. The molecular weight excluding hydrogens is 306 g/mol. The fraction of sp³-hybridized carbons (Fsp3) is 0.174. The third kappa shape index (κ3) is 2.74. The van der Waals surface area contributed by atoms with E-state index in [1.807, 2.05) is 18.2 Å². The molecule has 1 aliphatic heterocycles. The molecule has 0 spiro atoms. The average molecular weight is 327 g/mol. The third-order valence-corrected chi connectivity index (χ3v) is 5.10. The number of Topliss-reactive ketones (excluding diaryl/α,β-unsaturated/α-hetero) is 1. The van der Waals surface area contributed by atoms with Gasteiger partial charge in [-0.2, -0.15) is 0 Å². The Labute approximate surface area is 148 Å². The standard InChI is InChI=1S/C23H21NO/c25-22-16-17-24(21-14-8-3-9-15-21)23(18-22,19-10-4-1-5-11-19)20-12-6-2-7-13-20/h1-15H,16-18H2. The van der Waals surface area contributed by atoms with Crippen LogP contribution in [0.4, 0.5) is 5.69 Å². The van der Waals surface area contributed by atoms with Crippen molar-refractivity contribution in [2.45, 2.75) is 18.4 Å².